The molecule has 0 radical (unpaired) electrons. The fraction of sp³-hybridized carbons (Fsp3) is 0.235. The normalized spacial score (nSPS) is 11.7. The summed E-state index contributed by atoms with van der Waals surface area (Å²) in [4.78, 5) is 10.4. The van der Waals surface area contributed by atoms with Gasteiger partial charge in [0.1, 0.15) is 11.6 Å². The van der Waals surface area contributed by atoms with Crippen LogP contribution >= 0.6 is 31.9 Å². The monoisotopic (exact) mass is 540 g/mol. The highest BCUT2D eigenvalue weighted by Crippen LogP contribution is 2.39. The second-order valence-corrected chi connectivity index (χ2v) is 7.12. The van der Waals surface area contributed by atoms with E-state index in [1.54, 1.807) is 0 Å². The molecular formula is C17H10Br2F8O. The lowest BCUT2D eigenvalue weighted by Crippen LogP contribution is -2.11. The van der Waals surface area contributed by atoms with Gasteiger partial charge < -0.3 is 0 Å². The highest BCUT2D eigenvalue weighted by Gasteiger charge is 2.37. The zero-order valence-electron chi connectivity index (χ0n) is 14.0. The Kier molecular flexibility index (Phi) is 7.80. The standard InChI is InChI=1S/C9H5BrF4O.C8H5BrF4/c1-4-2-6(11)5(3-15)8(10)7(4)9(12,13)14;1-4-2-5(10)3-6(9)7(4)8(11,12)13/h2-3H,1H3;2-3H,1H3. The number of carbonyl (C=O) groups excluding carboxylic acids is 1. The molecule has 0 aliphatic rings. The molecule has 28 heavy (non-hydrogen) atoms. The molecule has 0 unspecified atom stereocenters. The molecule has 2 aromatic carbocycles. The van der Waals surface area contributed by atoms with Gasteiger partial charge in [-0.2, -0.15) is 26.3 Å². The van der Waals surface area contributed by atoms with Crippen LogP contribution in [0.2, 0.25) is 0 Å². The number of alkyl halides is 6. The van der Waals surface area contributed by atoms with Crippen molar-refractivity contribution < 1.29 is 39.9 Å². The van der Waals surface area contributed by atoms with Crippen molar-refractivity contribution in [2.24, 2.45) is 0 Å². The maximum Gasteiger partial charge on any atom is 0.417 e. The molecule has 1 nitrogen and oxygen atoms in total. The molecule has 2 rings (SSSR count). The minimum Gasteiger partial charge on any atom is -0.298 e. The van der Waals surface area contributed by atoms with Crippen LogP contribution < -0.4 is 0 Å². The predicted molar refractivity (Wildman–Crippen MR) is 93.1 cm³/mol. The van der Waals surface area contributed by atoms with Gasteiger partial charge in [0.05, 0.1) is 16.7 Å². The molecule has 0 amide bonds. The van der Waals surface area contributed by atoms with Crippen LogP contribution in [0.1, 0.15) is 32.6 Å². The smallest absolute Gasteiger partial charge is 0.298 e. The summed E-state index contributed by atoms with van der Waals surface area (Å²) in [6.07, 6.45) is -9.01. The van der Waals surface area contributed by atoms with E-state index >= 15 is 0 Å². The lowest BCUT2D eigenvalue weighted by atomic mass is 10.0. The molecule has 0 heterocycles. The van der Waals surface area contributed by atoms with Crippen molar-refractivity contribution in [2.45, 2.75) is 26.2 Å². The van der Waals surface area contributed by atoms with Gasteiger partial charge in [0.15, 0.2) is 6.29 Å². The summed E-state index contributed by atoms with van der Waals surface area (Å²) in [5.41, 5.74) is -2.86. The van der Waals surface area contributed by atoms with Gasteiger partial charge in [0.2, 0.25) is 0 Å². The molecule has 0 spiro atoms. The molecule has 0 aliphatic carbocycles. The van der Waals surface area contributed by atoms with Gasteiger partial charge in [0.25, 0.3) is 0 Å². The van der Waals surface area contributed by atoms with Crippen LogP contribution in [0.15, 0.2) is 27.1 Å². The number of halogens is 10. The molecule has 0 atom stereocenters. The Morgan fingerprint density at radius 2 is 1.29 bits per heavy atom. The molecule has 0 saturated carbocycles. The van der Waals surface area contributed by atoms with Crippen molar-refractivity contribution in [1.29, 1.82) is 0 Å². The molecule has 0 N–H and O–H groups in total. The third-order valence-corrected chi connectivity index (χ3v) is 4.84. The van der Waals surface area contributed by atoms with E-state index in [0.717, 1.165) is 19.1 Å². The third-order valence-electron chi connectivity index (χ3n) is 3.39. The van der Waals surface area contributed by atoms with E-state index in [-0.39, 0.29) is 21.9 Å². The second kappa shape index (κ2) is 8.89. The number of hydrogen-bond acceptors (Lipinski definition) is 1. The van der Waals surface area contributed by atoms with Crippen LogP contribution in [0.25, 0.3) is 0 Å². The van der Waals surface area contributed by atoms with E-state index in [9.17, 15) is 39.9 Å². The Morgan fingerprint density at radius 3 is 1.68 bits per heavy atom. The minimum atomic E-state index is -4.62. The van der Waals surface area contributed by atoms with Crippen LogP contribution in [0.5, 0.6) is 0 Å². The maximum absolute atomic E-state index is 13.1. The zero-order chi connectivity index (χ0) is 22.0. The van der Waals surface area contributed by atoms with E-state index < -0.39 is 45.2 Å². The Morgan fingerprint density at radius 1 is 0.821 bits per heavy atom. The molecule has 154 valence electrons. The summed E-state index contributed by atoms with van der Waals surface area (Å²) in [6.45, 7) is 2.35. The van der Waals surface area contributed by atoms with Crippen molar-refractivity contribution in [3.05, 3.63) is 66.6 Å². The zero-order valence-corrected chi connectivity index (χ0v) is 17.2. The van der Waals surface area contributed by atoms with Gasteiger partial charge in [-0.25, -0.2) is 8.78 Å². The van der Waals surface area contributed by atoms with Gasteiger partial charge in [-0.1, -0.05) is 15.9 Å². The van der Waals surface area contributed by atoms with Crippen molar-refractivity contribution in [2.75, 3.05) is 0 Å². The number of benzene rings is 2. The minimum absolute atomic E-state index is 0.0497. The van der Waals surface area contributed by atoms with Crippen molar-refractivity contribution in [1.82, 2.24) is 0 Å². The Hall–Kier alpha value is -1.49. The van der Waals surface area contributed by atoms with Crippen LogP contribution in [-0.4, -0.2) is 6.29 Å². The highest BCUT2D eigenvalue weighted by molar-refractivity contribution is 9.10. The van der Waals surface area contributed by atoms with Gasteiger partial charge in [-0.3, -0.25) is 4.79 Å². The molecule has 2 aromatic rings. The van der Waals surface area contributed by atoms with E-state index in [4.69, 9.17) is 0 Å². The van der Waals surface area contributed by atoms with Crippen molar-refractivity contribution in [3.8, 4) is 0 Å². The maximum atomic E-state index is 13.1. The molecule has 0 bridgehead atoms. The molecule has 0 fully saturated rings. The first-order valence-corrected chi connectivity index (χ1v) is 8.73. The quantitative estimate of drug-likeness (QED) is 0.268. The average Bonchev–Trinajstić information content (AvgIpc) is 2.43. The van der Waals surface area contributed by atoms with Crippen molar-refractivity contribution >= 4 is 38.1 Å². The lowest BCUT2D eigenvalue weighted by molar-refractivity contribution is -0.139. The van der Waals surface area contributed by atoms with Gasteiger partial charge in [-0.05, 0) is 59.1 Å². The Labute approximate surface area is 171 Å². The van der Waals surface area contributed by atoms with E-state index in [1.807, 2.05) is 0 Å². The first kappa shape index (κ1) is 24.5. The fourth-order valence-electron chi connectivity index (χ4n) is 2.27. The summed E-state index contributed by atoms with van der Waals surface area (Å²) < 4.78 is 99.2. The molecular weight excluding hydrogens is 532 g/mol. The number of carbonyl (C=O) groups is 1. The molecule has 0 aromatic heterocycles. The number of aryl methyl sites for hydroxylation is 2. The number of aldehydes is 1. The van der Waals surface area contributed by atoms with E-state index in [1.165, 1.54) is 6.92 Å². The van der Waals surface area contributed by atoms with Crippen LogP contribution in [-0.2, 0) is 12.4 Å². The summed E-state index contributed by atoms with van der Waals surface area (Å²) in [7, 11) is 0. The molecule has 0 saturated heterocycles. The predicted octanol–water partition coefficient (Wildman–Crippen LogP) is 7.64. The van der Waals surface area contributed by atoms with Gasteiger partial charge >= 0.3 is 12.4 Å². The Balaban J connectivity index is 0.000000283. The average molecular weight is 542 g/mol. The summed E-state index contributed by atoms with van der Waals surface area (Å²) >= 11 is 5.26. The number of hydrogen-bond donors (Lipinski definition) is 0. The summed E-state index contributed by atoms with van der Waals surface area (Å²) in [5.74, 6) is -1.65. The third kappa shape index (κ3) is 5.76. The summed E-state index contributed by atoms with van der Waals surface area (Å²) in [5, 5.41) is 0. The van der Waals surface area contributed by atoms with Crippen LogP contribution in [0, 0.1) is 25.5 Å². The summed E-state index contributed by atoms with van der Waals surface area (Å²) in [6, 6.07) is 2.35. The first-order chi connectivity index (χ1) is 12.6. The molecule has 0 aliphatic heterocycles. The number of rotatable bonds is 1. The van der Waals surface area contributed by atoms with Crippen molar-refractivity contribution in [3.63, 3.8) is 0 Å². The van der Waals surface area contributed by atoms with Crippen LogP contribution in [0.3, 0.4) is 0 Å². The van der Waals surface area contributed by atoms with Crippen LogP contribution in [0.4, 0.5) is 35.1 Å². The Bertz CT molecular complexity index is 865. The highest BCUT2D eigenvalue weighted by atomic mass is 79.9. The second-order valence-electron chi connectivity index (χ2n) is 5.47. The van der Waals surface area contributed by atoms with E-state index in [0.29, 0.717) is 6.07 Å². The van der Waals surface area contributed by atoms with Gasteiger partial charge in [0, 0.05) is 8.95 Å². The first-order valence-electron chi connectivity index (χ1n) is 7.15. The SMILES string of the molecule is Cc1cc(F)c(C=O)c(Br)c1C(F)(F)F.Cc1cc(F)cc(Br)c1C(F)(F)F. The van der Waals surface area contributed by atoms with E-state index in [2.05, 4.69) is 31.9 Å². The molecule has 11 heteroatoms. The topological polar surface area (TPSA) is 17.1 Å². The largest absolute Gasteiger partial charge is 0.417 e. The fourth-order valence-corrected chi connectivity index (χ4v) is 3.85. The van der Waals surface area contributed by atoms with Gasteiger partial charge in [-0.15, -0.1) is 0 Å². The lowest BCUT2D eigenvalue weighted by Gasteiger charge is -2.14.